The molecule has 7 nitrogen and oxygen atoms in total. The number of urea groups is 1. The highest BCUT2D eigenvalue weighted by atomic mass is 19.4. The zero-order valence-electron chi connectivity index (χ0n) is 14.3. The minimum Gasteiger partial charge on any atom is -0.389 e. The van der Waals surface area contributed by atoms with Crippen LogP contribution in [0.3, 0.4) is 0 Å². The molecule has 3 rings (SSSR count). The Morgan fingerprint density at radius 3 is 2.57 bits per heavy atom. The van der Waals surface area contributed by atoms with E-state index in [1.165, 1.54) is 23.0 Å². The number of nitrogens with zero attached hydrogens (tertiary/aromatic N) is 2. The van der Waals surface area contributed by atoms with Crippen LogP contribution < -0.4 is 15.3 Å². The average molecular weight is 393 g/mol. The highest BCUT2D eigenvalue weighted by Gasteiger charge is 2.30. The number of carbonyl (C=O) groups is 1. The van der Waals surface area contributed by atoms with Crippen LogP contribution in [0, 0.1) is 0 Å². The van der Waals surface area contributed by atoms with Crippen LogP contribution in [0.2, 0.25) is 0 Å². The molecule has 0 aliphatic carbocycles. The lowest BCUT2D eigenvalue weighted by Crippen LogP contribution is -2.43. The molecule has 1 heterocycles. The molecule has 0 aliphatic rings. The number of benzene rings is 2. The number of anilines is 2. The summed E-state index contributed by atoms with van der Waals surface area (Å²) in [5, 5.41) is 18.0. The number of hydrogen-bond acceptors (Lipinski definition) is 4. The number of aromatic nitrogens is 2. The number of hydrogen-bond donors (Lipinski definition) is 3. The van der Waals surface area contributed by atoms with E-state index in [9.17, 15) is 23.1 Å². The molecule has 1 aromatic heterocycles. The molecule has 1 atom stereocenters. The Bertz CT molecular complexity index is 945. The molecule has 0 saturated heterocycles. The van der Waals surface area contributed by atoms with Gasteiger partial charge in [0.2, 0.25) is 11.3 Å². The standard InChI is InChI=1S/C18H15F3N4O3/c19-18(20,21)13-7-4-8-14(9-13)22-17(27)23-16-10-25(24-28-16)15(11-26)12-5-2-1-3-6-12/h1-10,15,26H,11H2,(H-,22,23,24,27)/p+1/t15-/m1/s1. The first kappa shape index (κ1) is 19.4. The lowest BCUT2D eigenvalue weighted by Gasteiger charge is -2.09. The zero-order valence-corrected chi connectivity index (χ0v) is 14.3. The Labute approximate surface area is 157 Å². The van der Waals surface area contributed by atoms with Gasteiger partial charge in [-0.3, -0.25) is 9.84 Å². The largest absolute Gasteiger partial charge is 0.416 e. The molecule has 146 valence electrons. The van der Waals surface area contributed by atoms with E-state index < -0.39 is 23.8 Å². The summed E-state index contributed by atoms with van der Waals surface area (Å²) in [6, 6.07) is 12.0. The number of nitrogens with one attached hydrogen (secondary N) is 2. The summed E-state index contributed by atoms with van der Waals surface area (Å²) in [5.74, 6) is -0.0427. The number of rotatable bonds is 5. The quantitative estimate of drug-likeness (QED) is 0.581. The summed E-state index contributed by atoms with van der Waals surface area (Å²) in [5.41, 5.74) is -0.128. The van der Waals surface area contributed by atoms with E-state index in [-0.39, 0.29) is 18.2 Å². The lowest BCUT2D eigenvalue weighted by molar-refractivity contribution is -0.778. The summed E-state index contributed by atoms with van der Waals surface area (Å²) in [6.45, 7) is -0.253. The van der Waals surface area contributed by atoms with Crippen molar-refractivity contribution in [1.82, 2.24) is 5.27 Å². The summed E-state index contributed by atoms with van der Waals surface area (Å²) < 4.78 is 44.5. The SMILES string of the molecule is O=C(Nc1cccc(C(F)(F)F)c1)Nc1c[n+]([C@H](CO)c2ccccc2)no1. The van der Waals surface area contributed by atoms with Gasteiger partial charge in [0, 0.05) is 11.3 Å². The van der Waals surface area contributed by atoms with Gasteiger partial charge in [0.25, 0.3) is 6.20 Å². The van der Waals surface area contributed by atoms with Gasteiger partial charge in [0.1, 0.15) is 6.61 Å². The average Bonchev–Trinajstić information content (AvgIpc) is 3.10. The molecule has 0 unspecified atom stereocenters. The van der Waals surface area contributed by atoms with Crippen molar-refractivity contribution in [2.24, 2.45) is 0 Å². The van der Waals surface area contributed by atoms with Crippen molar-refractivity contribution in [3.8, 4) is 0 Å². The zero-order chi connectivity index (χ0) is 20.1. The van der Waals surface area contributed by atoms with Crippen molar-refractivity contribution < 1.29 is 32.3 Å². The summed E-state index contributed by atoms with van der Waals surface area (Å²) >= 11 is 0. The highest BCUT2D eigenvalue weighted by molar-refractivity contribution is 5.98. The predicted molar refractivity (Wildman–Crippen MR) is 92.5 cm³/mol. The first-order valence-electron chi connectivity index (χ1n) is 8.16. The maximum Gasteiger partial charge on any atom is 0.416 e. The second-order valence-electron chi connectivity index (χ2n) is 5.81. The van der Waals surface area contributed by atoms with Crippen LogP contribution in [0.1, 0.15) is 17.2 Å². The molecular formula is C18H16F3N4O3+. The first-order valence-corrected chi connectivity index (χ1v) is 8.16. The second-order valence-corrected chi connectivity index (χ2v) is 5.81. The number of alkyl halides is 3. The Balaban J connectivity index is 1.67. The number of amides is 2. The van der Waals surface area contributed by atoms with Gasteiger partial charge in [-0.25, -0.2) is 4.79 Å². The second kappa shape index (κ2) is 8.09. The topological polar surface area (TPSA) is 91.3 Å². The van der Waals surface area contributed by atoms with Crippen LogP contribution in [0.25, 0.3) is 0 Å². The van der Waals surface area contributed by atoms with E-state index >= 15 is 0 Å². The minimum atomic E-state index is -4.51. The molecule has 0 spiro atoms. The van der Waals surface area contributed by atoms with Gasteiger partial charge < -0.3 is 10.4 Å². The van der Waals surface area contributed by atoms with Gasteiger partial charge in [0.15, 0.2) is 0 Å². The van der Waals surface area contributed by atoms with Crippen molar-refractivity contribution in [3.05, 3.63) is 71.9 Å². The van der Waals surface area contributed by atoms with Gasteiger partial charge in [-0.15, -0.1) is 0 Å². The normalized spacial score (nSPS) is 12.4. The number of aliphatic hydroxyl groups excluding tert-OH is 1. The van der Waals surface area contributed by atoms with Crippen molar-refractivity contribution >= 4 is 17.6 Å². The van der Waals surface area contributed by atoms with E-state index in [1.54, 1.807) is 24.3 Å². The van der Waals surface area contributed by atoms with Gasteiger partial charge in [-0.1, -0.05) is 36.4 Å². The fourth-order valence-corrected chi connectivity index (χ4v) is 2.52. The number of aliphatic hydroxyl groups is 1. The maximum absolute atomic E-state index is 12.7. The molecule has 0 radical (unpaired) electrons. The van der Waals surface area contributed by atoms with E-state index in [0.717, 1.165) is 17.7 Å². The van der Waals surface area contributed by atoms with Crippen LogP contribution in [-0.2, 0) is 6.18 Å². The van der Waals surface area contributed by atoms with E-state index in [2.05, 4.69) is 15.9 Å². The smallest absolute Gasteiger partial charge is 0.389 e. The maximum atomic E-state index is 12.7. The Morgan fingerprint density at radius 2 is 1.89 bits per heavy atom. The van der Waals surface area contributed by atoms with Gasteiger partial charge >= 0.3 is 18.1 Å². The van der Waals surface area contributed by atoms with E-state index in [1.807, 2.05) is 6.07 Å². The molecule has 0 aliphatic heterocycles. The molecule has 10 heteroatoms. The lowest BCUT2D eigenvalue weighted by atomic mass is 10.1. The van der Waals surface area contributed by atoms with Crippen LogP contribution in [0.15, 0.2) is 65.3 Å². The number of halogens is 3. The van der Waals surface area contributed by atoms with Gasteiger partial charge in [-0.2, -0.15) is 13.2 Å². The Hall–Kier alpha value is -3.40. The molecule has 2 aromatic carbocycles. The van der Waals surface area contributed by atoms with Crippen LogP contribution >= 0.6 is 0 Å². The minimum absolute atomic E-state index is 0.0303. The highest BCUT2D eigenvalue weighted by Crippen LogP contribution is 2.30. The summed E-state index contributed by atoms with van der Waals surface area (Å²) in [7, 11) is 0. The Morgan fingerprint density at radius 1 is 1.14 bits per heavy atom. The number of carbonyl (C=O) groups excluding carboxylic acids is 1. The Kier molecular flexibility index (Phi) is 5.59. The molecule has 0 fully saturated rings. The van der Waals surface area contributed by atoms with Crippen LogP contribution in [0.4, 0.5) is 29.5 Å². The van der Waals surface area contributed by atoms with Crippen LogP contribution in [-0.4, -0.2) is 23.0 Å². The predicted octanol–water partition coefficient (Wildman–Crippen LogP) is 3.21. The molecule has 2 amide bonds. The monoisotopic (exact) mass is 393 g/mol. The molecule has 0 saturated carbocycles. The molecule has 0 bridgehead atoms. The third-order valence-electron chi connectivity index (χ3n) is 3.84. The first-order chi connectivity index (χ1) is 13.4. The van der Waals surface area contributed by atoms with Crippen molar-refractivity contribution in [2.45, 2.75) is 12.2 Å². The van der Waals surface area contributed by atoms with Crippen LogP contribution in [0.5, 0.6) is 0 Å². The molecule has 3 aromatic rings. The molecule has 28 heavy (non-hydrogen) atoms. The molecular weight excluding hydrogens is 377 g/mol. The van der Waals surface area contributed by atoms with Crippen molar-refractivity contribution in [2.75, 3.05) is 17.2 Å². The van der Waals surface area contributed by atoms with E-state index in [4.69, 9.17) is 4.52 Å². The third kappa shape index (κ3) is 4.65. The van der Waals surface area contributed by atoms with Gasteiger partial charge in [-0.05, 0) is 22.9 Å². The molecule has 3 N–H and O–H groups in total. The summed E-state index contributed by atoms with van der Waals surface area (Å²) in [4.78, 5) is 12.0. The van der Waals surface area contributed by atoms with Gasteiger partial charge in [0.05, 0.1) is 5.56 Å². The van der Waals surface area contributed by atoms with E-state index in [0.29, 0.717) is 0 Å². The third-order valence-corrected chi connectivity index (χ3v) is 3.84. The van der Waals surface area contributed by atoms with Crippen molar-refractivity contribution in [3.63, 3.8) is 0 Å². The summed E-state index contributed by atoms with van der Waals surface area (Å²) in [6.07, 6.45) is -3.15. The fourth-order valence-electron chi connectivity index (χ4n) is 2.52. The fraction of sp³-hybridized carbons (Fsp3) is 0.167. The van der Waals surface area contributed by atoms with Crippen molar-refractivity contribution in [1.29, 1.82) is 0 Å².